The molecule has 1 heterocycles. The lowest BCUT2D eigenvalue weighted by atomic mass is 10.2. The van der Waals surface area contributed by atoms with Crippen LogP contribution in [0.5, 0.6) is 0 Å². The Morgan fingerprint density at radius 3 is 2.68 bits per heavy atom. The first kappa shape index (κ1) is 20.2. The summed E-state index contributed by atoms with van der Waals surface area (Å²) in [6.45, 7) is 1.55. The van der Waals surface area contributed by atoms with Crippen LogP contribution in [0.3, 0.4) is 0 Å². The highest BCUT2D eigenvalue weighted by Gasteiger charge is 2.33. The third-order valence-corrected chi connectivity index (χ3v) is 5.10. The second-order valence-electron chi connectivity index (χ2n) is 5.83. The second kappa shape index (κ2) is 7.84. The van der Waals surface area contributed by atoms with Crippen molar-refractivity contribution in [3.63, 3.8) is 0 Å². The van der Waals surface area contributed by atoms with Gasteiger partial charge in [0, 0.05) is 5.69 Å². The van der Waals surface area contributed by atoms with Gasteiger partial charge in [0.15, 0.2) is 5.16 Å². The maximum Gasteiger partial charge on any atom is 0.417 e. The Morgan fingerprint density at radius 1 is 1.25 bits per heavy atom. The summed E-state index contributed by atoms with van der Waals surface area (Å²) in [5.74, 6) is -0.545. The van der Waals surface area contributed by atoms with E-state index in [1.807, 2.05) is 0 Å². The number of nitrogens with zero attached hydrogens (tertiary/aromatic N) is 1. The number of halogens is 4. The van der Waals surface area contributed by atoms with Crippen LogP contribution >= 0.6 is 23.4 Å². The van der Waals surface area contributed by atoms with Crippen molar-refractivity contribution in [3.05, 3.63) is 63.4 Å². The molecule has 10 heteroatoms. The van der Waals surface area contributed by atoms with Gasteiger partial charge < -0.3 is 10.3 Å². The van der Waals surface area contributed by atoms with Crippen LogP contribution in [-0.2, 0) is 11.0 Å². The normalized spacial score (nSPS) is 12.8. The van der Waals surface area contributed by atoms with Crippen LogP contribution < -0.4 is 10.9 Å². The van der Waals surface area contributed by atoms with E-state index in [2.05, 4.69) is 15.3 Å². The molecule has 0 saturated heterocycles. The summed E-state index contributed by atoms with van der Waals surface area (Å²) < 4.78 is 38.8. The number of carbonyl (C=O) groups is 1. The van der Waals surface area contributed by atoms with Gasteiger partial charge in [-0.2, -0.15) is 13.2 Å². The zero-order chi connectivity index (χ0) is 20.5. The van der Waals surface area contributed by atoms with E-state index in [0.29, 0.717) is 10.9 Å². The molecule has 0 aliphatic heterocycles. The molecule has 146 valence electrons. The highest BCUT2D eigenvalue weighted by molar-refractivity contribution is 8.00. The van der Waals surface area contributed by atoms with Crippen LogP contribution in [-0.4, -0.2) is 21.1 Å². The molecule has 2 aromatic carbocycles. The van der Waals surface area contributed by atoms with Gasteiger partial charge in [0.1, 0.15) is 0 Å². The largest absolute Gasteiger partial charge is 0.417 e. The number of fused-ring (bicyclic) bond motifs is 1. The molecule has 0 aliphatic carbocycles. The van der Waals surface area contributed by atoms with Crippen LogP contribution in [0.2, 0.25) is 5.02 Å². The highest BCUT2D eigenvalue weighted by atomic mass is 35.5. The first-order chi connectivity index (χ1) is 13.1. The average molecular weight is 428 g/mol. The Bertz CT molecular complexity index is 1100. The van der Waals surface area contributed by atoms with E-state index in [4.69, 9.17) is 11.6 Å². The lowest BCUT2D eigenvalue weighted by Crippen LogP contribution is -2.23. The summed E-state index contributed by atoms with van der Waals surface area (Å²) in [6, 6.07) is 9.87. The summed E-state index contributed by atoms with van der Waals surface area (Å²) in [5.41, 5.74) is -0.927. The van der Waals surface area contributed by atoms with E-state index >= 15 is 0 Å². The predicted molar refractivity (Wildman–Crippen MR) is 103 cm³/mol. The predicted octanol–water partition coefficient (Wildman–Crippen LogP) is 4.71. The fourth-order valence-corrected chi connectivity index (χ4v) is 3.43. The van der Waals surface area contributed by atoms with Crippen molar-refractivity contribution < 1.29 is 18.0 Å². The Kier molecular flexibility index (Phi) is 5.66. The molecule has 3 aromatic rings. The molecule has 28 heavy (non-hydrogen) atoms. The number of aromatic amines is 1. The summed E-state index contributed by atoms with van der Waals surface area (Å²) in [4.78, 5) is 31.3. The van der Waals surface area contributed by atoms with E-state index in [0.717, 1.165) is 23.9 Å². The fraction of sp³-hybridized carbons (Fsp3) is 0.167. The van der Waals surface area contributed by atoms with Crippen LogP contribution in [0.1, 0.15) is 12.5 Å². The van der Waals surface area contributed by atoms with Gasteiger partial charge in [-0.1, -0.05) is 35.5 Å². The molecule has 5 nitrogen and oxygen atoms in total. The van der Waals surface area contributed by atoms with Gasteiger partial charge in [0.25, 0.3) is 5.56 Å². The lowest BCUT2D eigenvalue weighted by Gasteiger charge is -2.14. The van der Waals surface area contributed by atoms with Gasteiger partial charge in [0.2, 0.25) is 5.91 Å². The topological polar surface area (TPSA) is 74.8 Å². The number of hydrogen-bond acceptors (Lipinski definition) is 4. The second-order valence-corrected chi connectivity index (χ2v) is 7.57. The van der Waals surface area contributed by atoms with Crippen molar-refractivity contribution in [1.82, 2.24) is 9.97 Å². The number of rotatable bonds is 4. The number of hydrogen-bond donors (Lipinski definition) is 2. The van der Waals surface area contributed by atoms with Crippen molar-refractivity contribution in [2.75, 3.05) is 5.32 Å². The maximum absolute atomic E-state index is 12.9. The minimum atomic E-state index is -4.63. The number of alkyl halides is 3. The summed E-state index contributed by atoms with van der Waals surface area (Å²) in [5, 5.41) is 1.89. The van der Waals surface area contributed by atoms with Crippen LogP contribution in [0.25, 0.3) is 10.9 Å². The number of thioether (sulfide) groups is 1. The molecule has 0 aliphatic rings. The molecule has 1 unspecified atom stereocenters. The third-order valence-electron chi connectivity index (χ3n) is 3.79. The van der Waals surface area contributed by atoms with Gasteiger partial charge in [0.05, 0.1) is 26.7 Å². The van der Waals surface area contributed by atoms with Crippen LogP contribution in [0.15, 0.2) is 52.4 Å². The van der Waals surface area contributed by atoms with Gasteiger partial charge in [-0.15, -0.1) is 0 Å². The lowest BCUT2D eigenvalue weighted by molar-refractivity contribution is -0.137. The number of aromatic nitrogens is 2. The Labute approximate surface area is 166 Å². The zero-order valence-electron chi connectivity index (χ0n) is 14.3. The molecule has 0 saturated carbocycles. The van der Waals surface area contributed by atoms with E-state index < -0.39 is 27.9 Å². The van der Waals surface area contributed by atoms with Crippen molar-refractivity contribution >= 4 is 45.9 Å². The smallest absolute Gasteiger partial charge is 0.325 e. The summed E-state index contributed by atoms with van der Waals surface area (Å²) in [6.07, 6.45) is -4.63. The van der Waals surface area contributed by atoms with Crippen molar-refractivity contribution in [2.24, 2.45) is 0 Å². The molecule has 0 fully saturated rings. The number of amides is 1. The number of carbonyl (C=O) groups excluding carboxylic acids is 1. The standard InChI is InChI=1S/C18H13ClF3N3O2S/c1-9(28-17-24-14-5-3-2-4-11(14)16(27)25-17)15(26)23-10-6-7-13(19)12(8-10)18(20,21)22/h2-9H,1H3,(H,23,26)(H,24,25,27). The minimum absolute atomic E-state index is 0.0332. The molecule has 3 rings (SSSR count). The van der Waals surface area contributed by atoms with E-state index in [1.54, 1.807) is 31.2 Å². The summed E-state index contributed by atoms with van der Waals surface area (Å²) >= 11 is 6.56. The molecular formula is C18H13ClF3N3O2S. The molecule has 0 radical (unpaired) electrons. The minimum Gasteiger partial charge on any atom is -0.325 e. The third kappa shape index (κ3) is 4.48. The number of nitrogens with one attached hydrogen (secondary N) is 2. The number of anilines is 1. The SMILES string of the molecule is CC(Sc1nc2ccccc2c(=O)[nH]1)C(=O)Nc1ccc(Cl)c(C(F)(F)F)c1. The van der Waals surface area contributed by atoms with Crippen molar-refractivity contribution in [2.45, 2.75) is 23.5 Å². The van der Waals surface area contributed by atoms with E-state index in [1.165, 1.54) is 6.07 Å². The van der Waals surface area contributed by atoms with Gasteiger partial charge >= 0.3 is 6.18 Å². The molecule has 1 aromatic heterocycles. The molecule has 1 amide bonds. The van der Waals surface area contributed by atoms with E-state index in [9.17, 15) is 22.8 Å². The first-order valence-electron chi connectivity index (χ1n) is 7.98. The molecule has 0 spiro atoms. The first-order valence-corrected chi connectivity index (χ1v) is 9.24. The zero-order valence-corrected chi connectivity index (χ0v) is 15.9. The average Bonchev–Trinajstić information content (AvgIpc) is 2.62. The fourth-order valence-electron chi connectivity index (χ4n) is 2.41. The summed E-state index contributed by atoms with van der Waals surface area (Å²) in [7, 11) is 0. The van der Waals surface area contributed by atoms with E-state index in [-0.39, 0.29) is 16.4 Å². The Hall–Kier alpha value is -2.52. The quantitative estimate of drug-likeness (QED) is 0.467. The van der Waals surface area contributed by atoms with Gasteiger partial charge in [-0.25, -0.2) is 4.98 Å². The molecule has 1 atom stereocenters. The van der Waals surface area contributed by atoms with Crippen LogP contribution in [0.4, 0.5) is 18.9 Å². The number of benzene rings is 2. The number of para-hydroxylation sites is 1. The maximum atomic E-state index is 12.9. The Balaban J connectivity index is 1.76. The van der Waals surface area contributed by atoms with Gasteiger partial charge in [-0.05, 0) is 37.3 Å². The molecule has 2 N–H and O–H groups in total. The van der Waals surface area contributed by atoms with Gasteiger partial charge in [-0.3, -0.25) is 9.59 Å². The Morgan fingerprint density at radius 2 is 1.96 bits per heavy atom. The molecule has 0 bridgehead atoms. The van der Waals surface area contributed by atoms with Crippen LogP contribution in [0, 0.1) is 0 Å². The number of H-pyrrole nitrogens is 1. The monoisotopic (exact) mass is 427 g/mol. The molecular weight excluding hydrogens is 415 g/mol. The highest BCUT2D eigenvalue weighted by Crippen LogP contribution is 2.36. The van der Waals surface area contributed by atoms with Crippen molar-refractivity contribution in [3.8, 4) is 0 Å². The van der Waals surface area contributed by atoms with Crippen molar-refractivity contribution in [1.29, 1.82) is 0 Å².